The Morgan fingerprint density at radius 3 is 1.27 bits per heavy atom. The zero-order valence-corrected chi connectivity index (χ0v) is 14.3. The summed E-state index contributed by atoms with van der Waals surface area (Å²) in [7, 11) is -8.55. The lowest BCUT2D eigenvalue weighted by Crippen LogP contribution is -2.23. The van der Waals surface area contributed by atoms with Gasteiger partial charge in [0.15, 0.2) is 11.6 Å². The van der Waals surface area contributed by atoms with Crippen molar-refractivity contribution in [1.82, 2.24) is 0 Å². The fourth-order valence-corrected chi connectivity index (χ4v) is 3.75. The molecule has 2 aromatic carbocycles. The minimum Gasteiger partial charge on any atom is -0.289 e. The number of fused-ring (bicyclic) bond motifs is 2. The van der Waals surface area contributed by atoms with Crippen LogP contribution in [-0.4, -0.2) is 28.4 Å². The Kier molecular flexibility index (Phi) is 4.26. The first-order chi connectivity index (χ1) is 12.1. The summed E-state index contributed by atoms with van der Waals surface area (Å²) in [5.74, 6) is 8.08. The molecule has 0 spiro atoms. The fraction of sp³-hybridized carbons (Fsp3) is 0. The second-order valence-corrected chi connectivity index (χ2v) is 8.32. The summed E-state index contributed by atoms with van der Waals surface area (Å²) in [6, 6.07) is 6.25. The first kappa shape index (κ1) is 18.3. The largest absolute Gasteiger partial charge is 0.312 e. The predicted octanol–water partition coefficient (Wildman–Crippen LogP) is -0.380. The van der Waals surface area contributed by atoms with Crippen LogP contribution in [0.5, 0.6) is 0 Å². The molecule has 0 saturated heterocycles. The molecule has 0 amide bonds. The van der Waals surface area contributed by atoms with Crippen molar-refractivity contribution in [1.29, 1.82) is 0 Å². The monoisotopic (exact) mass is 398 g/mol. The highest BCUT2D eigenvalue weighted by atomic mass is 32.2. The molecule has 0 atom stereocenters. The Labute approximate surface area is 147 Å². The molecule has 0 aromatic heterocycles. The van der Waals surface area contributed by atoms with Crippen LogP contribution >= 0.6 is 0 Å². The molecule has 10 nitrogen and oxygen atoms in total. The minimum absolute atomic E-state index is 0.0957. The van der Waals surface area contributed by atoms with Crippen molar-refractivity contribution in [3.05, 3.63) is 58.7 Å². The average Bonchev–Trinajstić information content (AvgIpc) is 2.65. The van der Waals surface area contributed by atoms with Gasteiger partial charge in [0.25, 0.3) is 0 Å². The van der Waals surface area contributed by atoms with E-state index in [4.69, 9.17) is 11.8 Å². The first-order valence-electron chi connectivity index (χ1n) is 6.76. The molecular formula is C14H10N2O8S2. The van der Waals surface area contributed by atoms with Crippen LogP contribution in [0, 0.1) is 0 Å². The van der Waals surface area contributed by atoms with Crippen LogP contribution in [0.1, 0.15) is 31.8 Å². The van der Waals surface area contributed by atoms with E-state index in [0.717, 1.165) is 36.4 Å². The number of carbonyl (C=O) groups is 2. The van der Waals surface area contributed by atoms with Gasteiger partial charge in [-0.15, -0.1) is 0 Å². The highest BCUT2D eigenvalue weighted by Crippen LogP contribution is 2.31. The van der Waals surface area contributed by atoms with Crippen molar-refractivity contribution < 1.29 is 35.0 Å². The quantitative estimate of drug-likeness (QED) is 0.551. The Balaban J connectivity index is 2.20. The summed E-state index contributed by atoms with van der Waals surface area (Å²) in [6.07, 6.45) is 0. The maximum Gasteiger partial charge on any atom is 0.312 e. The predicted molar refractivity (Wildman–Crippen MR) is 84.7 cm³/mol. The van der Waals surface area contributed by atoms with Crippen molar-refractivity contribution in [3.63, 3.8) is 0 Å². The van der Waals surface area contributed by atoms with Gasteiger partial charge in [-0.25, -0.2) is 0 Å². The molecule has 12 heteroatoms. The van der Waals surface area contributed by atoms with Gasteiger partial charge in [-0.3, -0.25) is 9.59 Å². The van der Waals surface area contributed by atoms with E-state index >= 15 is 0 Å². The average molecular weight is 398 g/mol. The topological polar surface area (TPSA) is 173 Å². The summed E-state index contributed by atoms with van der Waals surface area (Å²) in [5.41, 5.74) is -0.541. The van der Waals surface area contributed by atoms with Crippen LogP contribution in [0.25, 0.3) is 0 Å². The molecule has 0 saturated carbocycles. The number of nitrogens with two attached hydrogens (primary N) is 2. The Morgan fingerprint density at radius 1 is 0.615 bits per heavy atom. The number of carbonyl (C=O) groups excluding carboxylic acids is 2. The summed E-state index contributed by atoms with van der Waals surface area (Å²) in [5, 5.41) is 0. The van der Waals surface area contributed by atoms with E-state index in [0.29, 0.717) is 0 Å². The summed E-state index contributed by atoms with van der Waals surface area (Å²) in [6.45, 7) is 0. The first-order valence-corrected chi connectivity index (χ1v) is 9.58. The van der Waals surface area contributed by atoms with Crippen LogP contribution in [0.4, 0.5) is 0 Å². The van der Waals surface area contributed by atoms with Gasteiger partial charge in [-0.2, -0.15) is 37.2 Å². The fourth-order valence-electron chi connectivity index (χ4n) is 2.53. The summed E-state index contributed by atoms with van der Waals surface area (Å²) < 4.78 is 54.5. The van der Waals surface area contributed by atoms with Crippen molar-refractivity contribution in [2.75, 3.05) is 0 Å². The molecule has 3 rings (SSSR count). The lowest BCUT2D eigenvalue weighted by molar-refractivity contribution is 0.0978. The molecule has 1 aliphatic rings. The molecule has 0 fully saturated rings. The number of hydrogen-bond acceptors (Lipinski definition) is 10. The van der Waals surface area contributed by atoms with Gasteiger partial charge in [0.05, 0.1) is 9.79 Å². The van der Waals surface area contributed by atoms with Gasteiger partial charge in [0.2, 0.25) is 0 Å². The van der Waals surface area contributed by atoms with E-state index in [-0.39, 0.29) is 22.3 Å². The van der Waals surface area contributed by atoms with E-state index in [1.54, 1.807) is 0 Å². The van der Waals surface area contributed by atoms with E-state index in [1.807, 2.05) is 0 Å². The van der Waals surface area contributed by atoms with Crippen molar-refractivity contribution in [3.8, 4) is 0 Å². The molecule has 26 heavy (non-hydrogen) atoms. The van der Waals surface area contributed by atoms with E-state index in [2.05, 4.69) is 8.57 Å². The third-order valence-corrected chi connectivity index (χ3v) is 5.96. The minimum atomic E-state index is -4.27. The Bertz CT molecular complexity index is 1080. The lowest BCUT2D eigenvalue weighted by Gasteiger charge is -2.18. The number of hydrogen-bond donors (Lipinski definition) is 2. The zero-order valence-electron chi connectivity index (χ0n) is 12.7. The summed E-state index contributed by atoms with van der Waals surface area (Å²) in [4.78, 5) is 24.4. The molecule has 4 N–H and O–H groups in total. The van der Waals surface area contributed by atoms with Crippen LogP contribution in [0.2, 0.25) is 0 Å². The van der Waals surface area contributed by atoms with E-state index < -0.39 is 41.6 Å². The lowest BCUT2D eigenvalue weighted by atomic mass is 9.84. The molecule has 0 bridgehead atoms. The number of benzene rings is 2. The van der Waals surface area contributed by atoms with Gasteiger partial charge >= 0.3 is 20.2 Å². The van der Waals surface area contributed by atoms with Crippen molar-refractivity contribution in [2.45, 2.75) is 9.79 Å². The van der Waals surface area contributed by atoms with Crippen LogP contribution in [0.3, 0.4) is 0 Å². The Morgan fingerprint density at radius 2 is 0.962 bits per heavy atom. The van der Waals surface area contributed by atoms with Crippen LogP contribution in [-0.2, 0) is 28.8 Å². The van der Waals surface area contributed by atoms with Gasteiger partial charge in [-0.05, 0) is 36.4 Å². The van der Waals surface area contributed by atoms with Gasteiger partial charge in [0, 0.05) is 22.3 Å². The van der Waals surface area contributed by atoms with Crippen LogP contribution < -0.4 is 11.8 Å². The highest BCUT2D eigenvalue weighted by molar-refractivity contribution is 7.87. The molecule has 0 aliphatic heterocycles. The van der Waals surface area contributed by atoms with Crippen molar-refractivity contribution >= 4 is 31.8 Å². The standard InChI is InChI=1S/C14H10N2O8S2/c15-23-25(19,20)7-1-3-9-11(5-7)14(18)10-4-2-8(26(21,22)24-16)6-12(10)13(9)17/h1-6H,15-16H2. The normalized spacial score (nSPS) is 14.1. The second-order valence-electron chi connectivity index (χ2n) is 5.17. The van der Waals surface area contributed by atoms with Gasteiger partial charge in [0.1, 0.15) is 0 Å². The molecule has 0 radical (unpaired) electrons. The van der Waals surface area contributed by atoms with Gasteiger partial charge in [-0.1, -0.05) is 0 Å². The Hall–Kier alpha value is -2.48. The maximum atomic E-state index is 12.6. The molecular weight excluding hydrogens is 388 g/mol. The molecule has 0 heterocycles. The highest BCUT2D eigenvalue weighted by Gasteiger charge is 2.32. The molecule has 2 aromatic rings. The zero-order chi connectivity index (χ0) is 19.3. The second kappa shape index (κ2) is 6.05. The SMILES string of the molecule is NOS(=O)(=O)c1ccc2c(c1)C(=O)c1ccc(S(=O)(=O)ON)cc1C2=O. The third kappa shape index (κ3) is 2.74. The maximum absolute atomic E-state index is 12.6. The molecule has 0 unspecified atom stereocenters. The van der Waals surface area contributed by atoms with Crippen LogP contribution in [0.15, 0.2) is 46.2 Å². The summed E-state index contributed by atoms with van der Waals surface area (Å²) >= 11 is 0. The number of rotatable bonds is 4. The molecule has 136 valence electrons. The third-order valence-electron chi connectivity index (χ3n) is 3.79. The van der Waals surface area contributed by atoms with Gasteiger partial charge < -0.3 is 0 Å². The van der Waals surface area contributed by atoms with Crippen molar-refractivity contribution in [2.24, 2.45) is 11.8 Å². The van der Waals surface area contributed by atoms with E-state index in [1.165, 1.54) is 0 Å². The number of ketones is 2. The van der Waals surface area contributed by atoms with E-state index in [9.17, 15) is 26.4 Å². The smallest absolute Gasteiger partial charge is 0.289 e. The molecule has 1 aliphatic carbocycles.